The van der Waals surface area contributed by atoms with E-state index in [2.05, 4.69) is 69.6 Å². The highest BCUT2D eigenvalue weighted by atomic mass is 35.5. The predicted molar refractivity (Wildman–Crippen MR) is 157 cm³/mol. The van der Waals surface area contributed by atoms with Crippen LogP contribution in [0.25, 0.3) is 16.9 Å². The first kappa shape index (κ1) is 25.4. The number of hydrogen-bond donors (Lipinski definition) is 2. The summed E-state index contributed by atoms with van der Waals surface area (Å²) in [7, 11) is 0. The quantitative estimate of drug-likeness (QED) is 0.164. The van der Waals surface area contributed by atoms with Gasteiger partial charge in [0.1, 0.15) is 0 Å². The summed E-state index contributed by atoms with van der Waals surface area (Å²) in [5.41, 5.74) is 11.3. The molecule has 0 saturated carbocycles. The van der Waals surface area contributed by atoms with Crippen LogP contribution in [-0.4, -0.2) is 21.7 Å². The van der Waals surface area contributed by atoms with Gasteiger partial charge in [-0.1, -0.05) is 41.4 Å². The molecule has 0 unspecified atom stereocenters. The van der Waals surface area contributed by atoms with Crippen molar-refractivity contribution in [3.63, 3.8) is 0 Å². The van der Waals surface area contributed by atoms with Gasteiger partial charge in [0, 0.05) is 49.9 Å². The molecule has 0 aliphatic heterocycles. The van der Waals surface area contributed by atoms with E-state index in [1.165, 1.54) is 16.9 Å². The monoisotopic (exact) mass is 539 g/mol. The van der Waals surface area contributed by atoms with Crippen molar-refractivity contribution in [3.8, 4) is 16.9 Å². The summed E-state index contributed by atoms with van der Waals surface area (Å²) >= 11 is 7.46. The van der Waals surface area contributed by atoms with Crippen LogP contribution >= 0.6 is 22.9 Å². The molecule has 6 nitrogen and oxygen atoms in total. The smallest absolute Gasteiger partial charge is 0.271 e. The van der Waals surface area contributed by atoms with Crippen molar-refractivity contribution in [1.82, 2.24) is 15.0 Å². The van der Waals surface area contributed by atoms with Crippen LogP contribution in [0, 0.1) is 20.8 Å². The number of aryl methyl sites for hydroxylation is 2. The molecule has 3 aromatic carbocycles. The number of nitrogens with one attached hydrogen (secondary N) is 2. The first-order chi connectivity index (χ1) is 18.4. The maximum atomic E-state index is 12.7. The van der Waals surface area contributed by atoms with Gasteiger partial charge >= 0.3 is 0 Å². The molecule has 0 saturated heterocycles. The lowest BCUT2D eigenvalue weighted by molar-refractivity contribution is 0.0955. The minimum Gasteiger partial charge on any atom is -0.332 e. The number of halogens is 1. The zero-order valence-corrected chi connectivity index (χ0v) is 22.8. The van der Waals surface area contributed by atoms with Crippen molar-refractivity contribution in [2.45, 2.75) is 20.8 Å². The Morgan fingerprint density at radius 1 is 0.974 bits per heavy atom. The number of carbonyl (C=O) groups excluding carboxylic acids is 1. The van der Waals surface area contributed by atoms with Crippen LogP contribution in [-0.2, 0) is 0 Å². The van der Waals surface area contributed by atoms with Gasteiger partial charge in [0.25, 0.3) is 5.91 Å². The molecule has 2 heterocycles. The molecule has 5 aromatic rings. The Morgan fingerprint density at radius 2 is 1.68 bits per heavy atom. The third kappa shape index (κ3) is 5.69. The van der Waals surface area contributed by atoms with Gasteiger partial charge in [-0.3, -0.25) is 4.79 Å². The molecule has 2 aromatic heterocycles. The lowest BCUT2D eigenvalue weighted by Gasteiger charge is -2.09. The molecule has 0 spiro atoms. The van der Waals surface area contributed by atoms with Crippen molar-refractivity contribution in [2.24, 2.45) is 5.10 Å². The van der Waals surface area contributed by atoms with Gasteiger partial charge in [-0.25, -0.2) is 10.4 Å². The standard InChI is InChI=1S/C30H26ClN5OS/c1-19-4-14-27(15-5-19)36-20(2)16-24(21(36)3)17-32-35-29(37)23-8-6-22(7-9-23)28-18-38-30(34-28)33-26-12-10-25(31)11-13-26/h4-18H,1-3H3,(H,33,34)(H,35,37)/b32-17-. The van der Waals surface area contributed by atoms with E-state index >= 15 is 0 Å². The van der Waals surface area contributed by atoms with E-state index in [1.54, 1.807) is 18.3 Å². The lowest BCUT2D eigenvalue weighted by atomic mass is 10.1. The first-order valence-corrected chi connectivity index (χ1v) is 13.3. The SMILES string of the molecule is Cc1ccc(-n2c(C)cc(/C=N\NC(=O)c3ccc(-c4csc(Nc5ccc(Cl)cc5)n4)cc3)c2C)cc1. The number of nitrogens with zero attached hydrogens (tertiary/aromatic N) is 3. The maximum absolute atomic E-state index is 12.7. The number of carbonyl (C=O) groups is 1. The normalized spacial score (nSPS) is 11.2. The number of thiazole rings is 1. The minimum absolute atomic E-state index is 0.275. The fourth-order valence-corrected chi connectivity index (χ4v) is 5.01. The van der Waals surface area contributed by atoms with Crippen LogP contribution < -0.4 is 10.7 Å². The Labute approximate surface area is 230 Å². The topological polar surface area (TPSA) is 71.3 Å². The van der Waals surface area contributed by atoms with Crippen LogP contribution in [0.4, 0.5) is 10.8 Å². The molecule has 1 amide bonds. The number of benzene rings is 3. The molecule has 0 bridgehead atoms. The summed E-state index contributed by atoms with van der Waals surface area (Å²) in [6.07, 6.45) is 1.68. The summed E-state index contributed by atoms with van der Waals surface area (Å²) < 4.78 is 2.18. The van der Waals surface area contributed by atoms with Crippen molar-refractivity contribution in [1.29, 1.82) is 0 Å². The third-order valence-electron chi connectivity index (χ3n) is 6.17. The van der Waals surface area contributed by atoms with Crippen molar-refractivity contribution in [3.05, 3.63) is 117 Å². The molecule has 5 rings (SSSR count). The van der Waals surface area contributed by atoms with Gasteiger partial charge in [0.15, 0.2) is 5.13 Å². The molecule has 2 N–H and O–H groups in total. The van der Waals surface area contributed by atoms with Crippen LogP contribution in [0.5, 0.6) is 0 Å². The van der Waals surface area contributed by atoms with Crippen LogP contribution in [0.15, 0.2) is 89.3 Å². The van der Waals surface area contributed by atoms with Crippen molar-refractivity contribution in [2.75, 3.05) is 5.32 Å². The minimum atomic E-state index is -0.275. The lowest BCUT2D eigenvalue weighted by Crippen LogP contribution is -2.17. The molecular weight excluding hydrogens is 514 g/mol. The molecule has 0 radical (unpaired) electrons. The molecule has 0 atom stereocenters. The second-order valence-electron chi connectivity index (χ2n) is 8.94. The highest BCUT2D eigenvalue weighted by molar-refractivity contribution is 7.14. The van der Waals surface area contributed by atoms with E-state index in [0.29, 0.717) is 10.6 Å². The number of aromatic nitrogens is 2. The highest BCUT2D eigenvalue weighted by Gasteiger charge is 2.11. The summed E-state index contributed by atoms with van der Waals surface area (Å²) in [4.78, 5) is 17.3. The molecular formula is C30H26ClN5OS. The number of hydrogen-bond acceptors (Lipinski definition) is 5. The number of anilines is 2. The van der Waals surface area contributed by atoms with E-state index in [-0.39, 0.29) is 5.91 Å². The molecule has 0 fully saturated rings. The fraction of sp³-hybridized carbons (Fsp3) is 0.100. The second kappa shape index (κ2) is 11.0. The number of hydrazone groups is 1. The van der Waals surface area contributed by atoms with Crippen molar-refractivity contribution >= 4 is 45.9 Å². The summed E-state index contributed by atoms with van der Waals surface area (Å²) in [5.74, 6) is -0.275. The van der Waals surface area contributed by atoms with Gasteiger partial charge in [-0.05, 0) is 75.4 Å². The molecule has 190 valence electrons. The van der Waals surface area contributed by atoms with Gasteiger partial charge in [-0.2, -0.15) is 5.10 Å². The van der Waals surface area contributed by atoms with Gasteiger partial charge in [0.2, 0.25) is 0 Å². The van der Waals surface area contributed by atoms with Crippen LogP contribution in [0.3, 0.4) is 0 Å². The Kier molecular flexibility index (Phi) is 7.40. The van der Waals surface area contributed by atoms with E-state index < -0.39 is 0 Å². The number of rotatable bonds is 7. The fourth-order valence-electron chi connectivity index (χ4n) is 4.15. The Hall–Kier alpha value is -4.20. The Morgan fingerprint density at radius 3 is 2.39 bits per heavy atom. The largest absolute Gasteiger partial charge is 0.332 e. The average molecular weight is 540 g/mol. The Balaban J connectivity index is 1.22. The van der Waals surface area contributed by atoms with E-state index in [9.17, 15) is 4.79 Å². The zero-order chi connectivity index (χ0) is 26.6. The van der Waals surface area contributed by atoms with Crippen LogP contribution in [0.2, 0.25) is 5.02 Å². The summed E-state index contributed by atoms with van der Waals surface area (Å²) in [6.45, 7) is 6.18. The molecule has 38 heavy (non-hydrogen) atoms. The zero-order valence-electron chi connectivity index (χ0n) is 21.2. The first-order valence-electron chi connectivity index (χ1n) is 12.1. The molecule has 0 aliphatic carbocycles. The van der Waals surface area contributed by atoms with E-state index in [4.69, 9.17) is 11.6 Å². The van der Waals surface area contributed by atoms with E-state index in [0.717, 1.165) is 44.7 Å². The Bertz CT molecular complexity index is 1600. The summed E-state index contributed by atoms with van der Waals surface area (Å²) in [6, 6.07) is 25.2. The predicted octanol–water partition coefficient (Wildman–Crippen LogP) is 7.69. The number of amides is 1. The maximum Gasteiger partial charge on any atom is 0.271 e. The van der Waals surface area contributed by atoms with Gasteiger partial charge in [0.05, 0.1) is 11.9 Å². The van der Waals surface area contributed by atoms with Crippen LogP contribution in [0.1, 0.15) is 32.9 Å². The highest BCUT2D eigenvalue weighted by Crippen LogP contribution is 2.28. The third-order valence-corrected chi connectivity index (χ3v) is 7.18. The van der Waals surface area contributed by atoms with Gasteiger partial charge < -0.3 is 9.88 Å². The second-order valence-corrected chi connectivity index (χ2v) is 10.2. The van der Waals surface area contributed by atoms with Crippen molar-refractivity contribution < 1.29 is 4.79 Å². The van der Waals surface area contributed by atoms with E-state index in [1.807, 2.05) is 48.7 Å². The molecule has 0 aliphatic rings. The average Bonchev–Trinajstić information content (AvgIpc) is 3.50. The van der Waals surface area contributed by atoms with Gasteiger partial charge in [-0.15, -0.1) is 11.3 Å². The summed E-state index contributed by atoms with van der Waals surface area (Å²) in [5, 5.41) is 10.9. The molecule has 8 heteroatoms.